The molecule has 3 aromatic heterocycles. The van der Waals surface area contributed by atoms with E-state index in [1.165, 1.54) is 0 Å². The van der Waals surface area contributed by atoms with Gasteiger partial charge in [0.15, 0.2) is 0 Å². The summed E-state index contributed by atoms with van der Waals surface area (Å²) < 4.78 is 11.0. The minimum Gasteiger partial charge on any atom is -0.497 e. The zero-order valence-corrected chi connectivity index (χ0v) is 16.6. The van der Waals surface area contributed by atoms with E-state index >= 15 is 0 Å². The second-order valence-corrected chi connectivity index (χ2v) is 7.38. The van der Waals surface area contributed by atoms with Gasteiger partial charge in [-0.3, -0.25) is 0 Å². The number of methoxy groups -OCH3 is 2. The minimum absolute atomic E-state index is 0.822. The van der Waals surface area contributed by atoms with Crippen LogP contribution in [0.1, 0.15) is 0 Å². The topological polar surface area (TPSA) is 62.9 Å². The van der Waals surface area contributed by atoms with Crippen molar-refractivity contribution >= 4 is 43.7 Å². The van der Waals surface area contributed by atoms with Crippen LogP contribution in [-0.2, 0) is 0 Å². The molecule has 3 aromatic carbocycles. The average Bonchev–Trinajstić information content (AvgIpc) is 3.37. The minimum atomic E-state index is 0.822. The maximum absolute atomic E-state index is 5.50. The predicted octanol–water partition coefficient (Wildman–Crippen LogP) is 6.03. The Hall–Kier alpha value is -3.99. The third kappa shape index (κ3) is 2.32. The lowest BCUT2D eigenvalue weighted by Gasteiger charge is -2.09. The molecule has 0 aliphatic carbocycles. The lowest BCUT2D eigenvalue weighted by Crippen LogP contribution is -1.88. The molecule has 30 heavy (non-hydrogen) atoms. The van der Waals surface area contributed by atoms with Gasteiger partial charge >= 0.3 is 0 Å². The first kappa shape index (κ1) is 16.9. The van der Waals surface area contributed by atoms with E-state index in [-0.39, 0.29) is 0 Å². The van der Waals surface area contributed by atoms with E-state index in [0.717, 1.165) is 66.4 Å². The molecule has 0 spiro atoms. The molecule has 0 unspecified atom stereocenters. The fourth-order valence-electron chi connectivity index (χ4n) is 4.37. The Morgan fingerprint density at radius 3 is 2.30 bits per heavy atom. The first-order chi connectivity index (χ1) is 14.8. The van der Waals surface area contributed by atoms with Gasteiger partial charge in [-0.1, -0.05) is 18.2 Å². The molecule has 3 heterocycles. The molecule has 0 saturated carbocycles. The number of para-hydroxylation sites is 1. The van der Waals surface area contributed by atoms with Crippen LogP contribution >= 0.6 is 0 Å². The zero-order valence-electron chi connectivity index (χ0n) is 16.6. The second-order valence-electron chi connectivity index (χ2n) is 7.38. The molecule has 0 aliphatic heterocycles. The Morgan fingerprint density at radius 2 is 1.50 bits per heavy atom. The molecule has 5 heteroatoms. The first-order valence-corrected chi connectivity index (χ1v) is 9.80. The molecule has 0 fully saturated rings. The number of hydrogen-bond acceptors (Lipinski definition) is 3. The summed E-state index contributed by atoms with van der Waals surface area (Å²) in [6.45, 7) is 0. The molecule has 0 amide bonds. The van der Waals surface area contributed by atoms with Gasteiger partial charge in [0.1, 0.15) is 17.1 Å². The summed E-state index contributed by atoms with van der Waals surface area (Å²) in [5.41, 5.74) is 6.19. The highest BCUT2D eigenvalue weighted by Gasteiger charge is 2.19. The normalized spacial score (nSPS) is 11.7. The van der Waals surface area contributed by atoms with E-state index in [0.29, 0.717) is 0 Å². The van der Waals surface area contributed by atoms with E-state index < -0.39 is 0 Å². The number of pyridine rings is 1. The van der Waals surface area contributed by atoms with Crippen molar-refractivity contribution in [2.24, 2.45) is 0 Å². The number of aromatic amines is 2. The van der Waals surface area contributed by atoms with Crippen LogP contribution in [0.2, 0.25) is 0 Å². The van der Waals surface area contributed by atoms with Gasteiger partial charge in [0.25, 0.3) is 0 Å². The highest BCUT2D eigenvalue weighted by atomic mass is 16.5. The smallest absolute Gasteiger partial charge is 0.139 e. The number of nitrogens with one attached hydrogen (secondary N) is 2. The van der Waals surface area contributed by atoms with Crippen molar-refractivity contribution in [3.8, 4) is 22.6 Å². The Balaban J connectivity index is 1.83. The Bertz CT molecular complexity index is 1580. The summed E-state index contributed by atoms with van der Waals surface area (Å²) in [4.78, 5) is 11.8. The number of H-pyrrole nitrogens is 2. The summed E-state index contributed by atoms with van der Waals surface area (Å²) in [6, 6.07) is 20.5. The molecule has 146 valence electrons. The fourth-order valence-corrected chi connectivity index (χ4v) is 4.37. The van der Waals surface area contributed by atoms with Crippen molar-refractivity contribution in [1.29, 1.82) is 0 Å². The van der Waals surface area contributed by atoms with Crippen LogP contribution in [0.15, 0.2) is 66.9 Å². The number of fused-ring (bicyclic) bond motifs is 5. The van der Waals surface area contributed by atoms with Gasteiger partial charge in [-0.15, -0.1) is 0 Å². The van der Waals surface area contributed by atoms with Crippen molar-refractivity contribution in [3.05, 3.63) is 66.9 Å². The van der Waals surface area contributed by atoms with Crippen molar-refractivity contribution in [3.63, 3.8) is 0 Å². The summed E-state index contributed by atoms with van der Waals surface area (Å²) in [5, 5.41) is 4.41. The molecule has 0 bridgehead atoms. The van der Waals surface area contributed by atoms with Crippen LogP contribution in [0.3, 0.4) is 0 Å². The van der Waals surface area contributed by atoms with Gasteiger partial charge < -0.3 is 19.4 Å². The lowest BCUT2D eigenvalue weighted by molar-refractivity contribution is 0.415. The molecule has 0 atom stereocenters. The maximum Gasteiger partial charge on any atom is 0.139 e. The summed E-state index contributed by atoms with van der Waals surface area (Å²) in [6.07, 6.45) is 2.07. The molecule has 0 aliphatic rings. The molecule has 6 rings (SSSR count). The summed E-state index contributed by atoms with van der Waals surface area (Å²) in [5.74, 6) is 1.65. The summed E-state index contributed by atoms with van der Waals surface area (Å²) in [7, 11) is 3.38. The first-order valence-electron chi connectivity index (χ1n) is 9.80. The third-order valence-corrected chi connectivity index (χ3v) is 5.80. The third-order valence-electron chi connectivity index (χ3n) is 5.80. The maximum atomic E-state index is 5.50. The van der Waals surface area contributed by atoms with Crippen molar-refractivity contribution in [2.45, 2.75) is 0 Å². The van der Waals surface area contributed by atoms with Crippen LogP contribution in [-0.4, -0.2) is 29.2 Å². The van der Waals surface area contributed by atoms with E-state index in [4.69, 9.17) is 14.5 Å². The monoisotopic (exact) mass is 393 g/mol. The number of aromatic nitrogens is 3. The Kier molecular flexibility index (Phi) is 3.53. The lowest BCUT2D eigenvalue weighted by atomic mass is 9.96. The molecule has 2 N–H and O–H groups in total. The molecule has 6 aromatic rings. The molecule has 0 saturated heterocycles. The quantitative estimate of drug-likeness (QED) is 0.386. The molecule has 0 radical (unpaired) electrons. The van der Waals surface area contributed by atoms with E-state index in [2.05, 4.69) is 52.6 Å². The van der Waals surface area contributed by atoms with Gasteiger partial charge in [0, 0.05) is 49.9 Å². The Morgan fingerprint density at radius 1 is 0.767 bits per heavy atom. The molecule has 5 nitrogen and oxygen atoms in total. The Labute approximate surface area is 172 Å². The average molecular weight is 393 g/mol. The van der Waals surface area contributed by atoms with Crippen molar-refractivity contribution in [1.82, 2.24) is 15.0 Å². The summed E-state index contributed by atoms with van der Waals surface area (Å²) >= 11 is 0. The van der Waals surface area contributed by atoms with Crippen LogP contribution in [0.4, 0.5) is 0 Å². The number of rotatable bonds is 3. The highest BCUT2D eigenvalue weighted by Crippen LogP contribution is 2.42. The SMILES string of the molecule is COc1ccc2[nH]cc(-c3c4ccccc4nc4[nH]c5ccc(OC)cc5c34)c2c1. The van der Waals surface area contributed by atoms with Gasteiger partial charge in [-0.05, 0) is 42.5 Å². The number of nitrogens with zero attached hydrogens (tertiary/aromatic N) is 1. The standard InChI is InChI=1S/C25H19N3O2/c1-29-14-7-9-20-17(11-14)19(13-26-20)23-16-5-3-4-6-21(16)27-25-24(23)18-12-15(30-2)8-10-22(18)28-25/h3-13,26H,1-2H3,(H,27,28). The van der Waals surface area contributed by atoms with Crippen molar-refractivity contribution < 1.29 is 9.47 Å². The van der Waals surface area contributed by atoms with E-state index in [1.54, 1.807) is 14.2 Å². The van der Waals surface area contributed by atoms with E-state index in [9.17, 15) is 0 Å². The molecular formula is C25H19N3O2. The number of ether oxygens (including phenoxy) is 2. The van der Waals surface area contributed by atoms with Gasteiger partial charge in [0.2, 0.25) is 0 Å². The van der Waals surface area contributed by atoms with Gasteiger partial charge in [-0.25, -0.2) is 4.98 Å². The second kappa shape index (κ2) is 6.26. The number of benzene rings is 3. The largest absolute Gasteiger partial charge is 0.497 e. The van der Waals surface area contributed by atoms with E-state index in [1.807, 2.05) is 24.3 Å². The fraction of sp³-hybridized carbons (Fsp3) is 0.0800. The number of hydrogen-bond donors (Lipinski definition) is 2. The van der Waals surface area contributed by atoms with Gasteiger partial charge in [0.05, 0.1) is 19.7 Å². The van der Waals surface area contributed by atoms with Crippen LogP contribution in [0.25, 0.3) is 54.9 Å². The zero-order chi connectivity index (χ0) is 20.2. The highest BCUT2D eigenvalue weighted by molar-refractivity contribution is 6.22. The predicted molar refractivity (Wildman–Crippen MR) is 122 cm³/mol. The van der Waals surface area contributed by atoms with Crippen LogP contribution < -0.4 is 9.47 Å². The molecular weight excluding hydrogens is 374 g/mol. The van der Waals surface area contributed by atoms with Crippen LogP contribution in [0.5, 0.6) is 11.5 Å². The van der Waals surface area contributed by atoms with Crippen LogP contribution in [0, 0.1) is 0 Å². The van der Waals surface area contributed by atoms with Crippen molar-refractivity contribution in [2.75, 3.05) is 14.2 Å². The van der Waals surface area contributed by atoms with Gasteiger partial charge in [-0.2, -0.15) is 0 Å².